The van der Waals surface area contributed by atoms with Gasteiger partial charge in [0.25, 0.3) is 0 Å². The summed E-state index contributed by atoms with van der Waals surface area (Å²) in [4.78, 5) is 6.89. The largest absolute Gasteiger partial charge is 0.355 e. The van der Waals surface area contributed by atoms with Crippen LogP contribution < -0.4 is 10.2 Å². The molecule has 0 saturated heterocycles. The van der Waals surface area contributed by atoms with Crippen molar-refractivity contribution in [2.45, 2.75) is 26.9 Å². The Morgan fingerprint density at radius 1 is 1.14 bits per heavy atom. The van der Waals surface area contributed by atoms with Crippen molar-refractivity contribution in [1.82, 2.24) is 10.3 Å². The van der Waals surface area contributed by atoms with Gasteiger partial charge in [0, 0.05) is 30.3 Å². The molecule has 4 heteroatoms. The number of pyridine rings is 1. The van der Waals surface area contributed by atoms with Crippen LogP contribution in [-0.4, -0.2) is 18.6 Å². The average Bonchev–Trinajstić information content (AvgIpc) is 2.48. The molecule has 1 N–H and O–H groups in total. The predicted molar refractivity (Wildman–Crippen MR) is 92.6 cm³/mol. The van der Waals surface area contributed by atoms with Gasteiger partial charge in [-0.15, -0.1) is 0 Å². The molecule has 1 aromatic heterocycles. The van der Waals surface area contributed by atoms with Crippen LogP contribution >= 0.6 is 15.9 Å². The van der Waals surface area contributed by atoms with E-state index in [1.807, 2.05) is 6.07 Å². The summed E-state index contributed by atoms with van der Waals surface area (Å²) in [5, 5.41) is 3.34. The molecule has 2 aromatic rings. The maximum atomic E-state index is 4.72. The number of anilines is 1. The molecule has 3 nitrogen and oxygen atoms in total. The first-order valence-electron chi connectivity index (χ1n) is 7.23. The van der Waals surface area contributed by atoms with Gasteiger partial charge in [-0.25, -0.2) is 4.98 Å². The zero-order chi connectivity index (χ0) is 15.2. The summed E-state index contributed by atoms with van der Waals surface area (Å²) in [7, 11) is 2.07. The average molecular weight is 348 g/mol. The lowest BCUT2D eigenvalue weighted by molar-refractivity contribution is 0.719. The molecule has 112 valence electrons. The summed E-state index contributed by atoms with van der Waals surface area (Å²) in [6.45, 7) is 6.87. The zero-order valence-corrected chi connectivity index (χ0v) is 14.4. The highest BCUT2D eigenvalue weighted by Gasteiger charge is 2.08. The van der Waals surface area contributed by atoms with Crippen LogP contribution in [0, 0.1) is 6.92 Å². The molecule has 0 saturated carbocycles. The lowest BCUT2D eigenvalue weighted by Crippen LogP contribution is -2.19. The third-order valence-corrected chi connectivity index (χ3v) is 4.28. The zero-order valence-electron chi connectivity index (χ0n) is 12.9. The molecule has 0 spiro atoms. The van der Waals surface area contributed by atoms with E-state index in [0.29, 0.717) is 0 Å². The van der Waals surface area contributed by atoms with Gasteiger partial charge in [0.15, 0.2) is 0 Å². The Kier molecular flexibility index (Phi) is 5.76. The van der Waals surface area contributed by atoms with Crippen molar-refractivity contribution in [2.75, 3.05) is 18.5 Å². The molecule has 0 atom stereocenters. The van der Waals surface area contributed by atoms with Crippen LogP contribution in [0.25, 0.3) is 0 Å². The molecule has 1 heterocycles. The van der Waals surface area contributed by atoms with E-state index < -0.39 is 0 Å². The summed E-state index contributed by atoms with van der Waals surface area (Å²) in [5.41, 5.74) is 3.61. The monoisotopic (exact) mass is 347 g/mol. The maximum absolute atomic E-state index is 4.72. The minimum Gasteiger partial charge on any atom is -0.355 e. The van der Waals surface area contributed by atoms with E-state index in [2.05, 4.69) is 77.4 Å². The van der Waals surface area contributed by atoms with E-state index in [1.165, 1.54) is 11.1 Å². The smallest absolute Gasteiger partial charge is 0.128 e. The molecular weight excluding hydrogens is 326 g/mol. The quantitative estimate of drug-likeness (QED) is 0.858. The van der Waals surface area contributed by atoms with Gasteiger partial charge in [0.05, 0.1) is 0 Å². The van der Waals surface area contributed by atoms with Gasteiger partial charge in [-0.3, -0.25) is 0 Å². The third-order valence-electron chi connectivity index (χ3n) is 3.50. The molecule has 0 amide bonds. The molecule has 0 aliphatic carbocycles. The molecule has 2 rings (SSSR count). The van der Waals surface area contributed by atoms with Crippen molar-refractivity contribution in [3.8, 4) is 0 Å². The van der Waals surface area contributed by atoms with Crippen molar-refractivity contribution in [2.24, 2.45) is 0 Å². The lowest BCUT2D eigenvalue weighted by atomic mass is 10.2. The summed E-state index contributed by atoms with van der Waals surface area (Å²) in [5.74, 6) is 1.00. The first kappa shape index (κ1) is 16.0. The number of hydrogen-bond donors (Lipinski definition) is 1. The summed E-state index contributed by atoms with van der Waals surface area (Å²) >= 11 is 3.60. The normalized spacial score (nSPS) is 10.7. The highest BCUT2D eigenvalue weighted by molar-refractivity contribution is 9.10. The fraction of sp³-hybridized carbons (Fsp3) is 0.353. The van der Waals surface area contributed by atoms with Crippen molar-refractivity contribution in [1.29, 1.82) is 0 Å². The van der Waals surface area contributed by atoms with Crippen molar-refractivity contribution < 1.29 is 0 Å². The minimum atomic E-state index is 0.834. The van der Waals surface area contributed by atoms with E-state index in [0.717, 1.165) is 35.6 Å². The fourth-order valence-corrected chi connectivity index (χ4v) is 2.61. The van der Waals surface area contributed by atoms with Crippen LogP contribution in [0.15, 0.2) is 40.9 Å². The predicted octanol–water partition coefficient (Wildman–Crippen LogP) is 3.90. The highest BCUT2D eigenvalue weighted by atomic mass is 79.9. The van der Waals surface area contributed by atoms with Gasteiger partial charge in [-0.05, 0) is 36.7 Å². The molecule has 1 aromatic carbocycles. The van der Waals surface area contributed by atoms with Gasteiger partial charge >= 0.3 is 0 Å². The third kappa shape index (κ3) is 4.29. The second kappa shape index (κ2) is 7.57. The van der Waals surface area contributed by atoms with Gasteiger partial charge in [0.2, 0.25) is 0 Å². The molecular formula is C17H22BrN3. The first-order chi connectivity index (χ1) is 10.1. The van der Waals surface area contributed by atoms with E-state index in [-0.39, 0.29) is 0 Å². The Hall–Kier alpha value is -1.39. The Balaban J connectivity index is 2.11. The minimum absolute atomic E-state index is 0.834. The Labute approximate surface area is 135 Å². The van der Waals surface area contributed by atoms with E-state index in [9.17, 15) is 0 Å². The van der Waals surface area contributed by atoms with Gasteiger partial charge in [-0.1, -0.05) is 47.1 Å². The van der Waals surface area contributed by atoms with Crippen LogP contribution in [0.1, 0.15) is 23.7 Å². The molecule has 0 aliphatic rings. The van der Waals surface area contributed by atoms with Crippen LogP contribution in [-0.2, 0) is 13.1 Å². The fourth-order valence-electron chi connectivity index (χ4n) is 2.20. The number of aromatic nitrogens is 1. The van der Waals surface area contributed by atoms with Gasteiger partial charge in [0.1, 0.15) is 5.82 Å². The lowest BCUT2D eigenvalue weighted by Gasteiger charge is -2.20. The standard InChI is InChI=1S/C17H22BrN3/c1-4-19-11-14-9-10-17(20-13(14)2)21(3)12-15-7-5-6-8-16(15)18/h5-10,19H,4,11-12H2,1-3H3. The number of hydrogen-bond acceptors (Lipinski definition) is 3. The van der Waals surface area contributed by atoms with Crippen LogP contribution in [0.2, 0.25) is 0 Å². The summed E-state index contributed by atoms with van der Waals surface area (Å²) < 4.78 is 1.14. The number of aryl methyl sites for hydroxylation is 1. The SMILES string of the molecule is CCNCc1ccc(N(C)Cc2ccccc2Br)nc1C. The summed E-state index contributed by atoms with van der Waals surface area (Å²) in [6.07, 6.45) is 0. The van der Waals surface area contributed by atoms with Gasteiger partial charge in [-0.2, -0.15) is 0 Å². The number of nitrogens with zero attached hydrogens (tertiary/aromatic N) is 2. The number of rotatable bonds is 6. The molecule has 0 radical (unpaired) electrons. The Morgan fingerprint density at radius 3 is 2.57 bits per heavy atom. The van der Waals surface area contributed by atoms with Crippen molar-refractivity contribution >= 4 is 21.7 Å². The van der Waals surface area contributed by atoms with Crippen LogP contribution in [0.3, 0.4) is 0 Å². The van der Waals surface area contributed by atoms with Crippen molar-refractivity contribution in [3.63, 3.8) is 0 Å². The van der Waals surface area contributed by atoms with E-state index in [4.69, 9.17) is 4.98 Å². The number of halogens is 1. The maximum Gasteiger partial charge on any atom is 0.128 e. The van der Waals surface area contributed by atoms with Crippen LogP contribution in [0.5, 0.6) is 0 Å². The second-order valence-electron chi connectivity index (χ2n) is 5.14. The molecule has 0 unspecified atom stereocenters. The molecule has 0 aliphatic heterocycles. The summed E-state index contributed by atoms with van der Waals surface area (Å²) in [6, 6.07) is 12.6. The number of nitrogens with one attached hydrogen (secondary N) is 1. The Morgan fingerprint density at radius 2 is 1.90 bits per heavy atom. The molecule has 0 fully saturated rings. The van der Waals surface area contributed by atoms with E-state index in [1.54, 1.807) is 0 Å². The molecule has 0 bridgehead atoms. The second-order valence-corrected chi connectivity index (χ2v) is 6.00. The first-order valence-corrected chi connectivity index (χ1v) is 8.03. The highest BCUT2D eigenvalue weighted by Crippen LogP contribution is 2.20. The Bertz CT molecular complexity index is 598. The van der Waals surface area contributed by atoms with Crippen LogP contribution in [0.4, 0.5) is 5.82 Å². The molecule has 21 heavy (non-hydrogen) atoms. The van der Waals surface area contributed by atoms with E-state index >= 15 is 0 Å². The van der Waals surface area contributed by atoms with Crippen molar-refractivity contribution in [3.05, 3.63) is 57.7 Å². The topological polar surface area (TPSA) is 28.2 Å². The number of benzene rings is 1. The van der Waals surface area contributed by atoms with Gasteiger partial charge < -0.3 is 10.2 Å².